The Morgan fingerprint density at radius 3 is 2.64 bits per heavy atom. The lowest BCUT2D eigenvalue weighted by molar-refractivity contribution is -0.276. The highest BCUT2D eigenvalue weighted by molar-refractivity contribution is 5.77. The van der Waals surface area contributed by atoms with E-state index in [9.17, 15) is 18.0 Å². The maximum Gasteiger partial charge on any atom is 0.574 e. The molecule has 0 aliphatic carbocycles. The number of halogens is 3. The largest absolute Gasteiger partial charge is 0.574 e. The molecule has 0 spiro atoms. The zero-order valence-corrected chi connectivity index (χ0v) is 7.13. The number of aldehydes is 1. The summed E-state index contributed by atoms with van der Waals surface area (Å²) in [6.07, 6.45) is -3.20. The zero-order valence-electron chi connectivity index (χ0n) is 7.13. The van der Waals surface area contributed by atoms with Gasteiger partial charge in [-0.15, -0.1) is 13.2 Å². The molecule has 0 bridgehead atoms. The van der Waals surface area contributed by atoms with Crippen LogP contribution in [0.1, 0.15) is 15.9 Å². The first kappa shape index (κ1) is 10.5. The van der Waals surface area contributed by atoms with Crippen LogP contribution in [-0.2, 0) is 0 Å². The molecule has 0 amide bonds. The molecule has 0 aromatic carbocycles. The van der Waals surface area contributed by atoms with Crippen molar-refractivity contribution in [1.82, 2.24) is 4.98 Å². The Bertz CT molecular complexity index is 349. The lowest BCUT2D eigenvalue weighted by atomic mass is 10.2. The molecule has 0 atom stereocenters. The van der Waals surface area contributed by atoms with Crippen LogP contribution in [0.3, 0.4) is 0 Å². The Labute approximate surface area is 77.5 Å². The minimum Gasteiger partial charge on any atom is -0.388 e. The summed E-state index contributed by atoms with van der Waals surface area (Å²) in [5, 5.41) is 0. The van der Waals surface area contributed by atoms with Crippen molar-refractivity contribution in [1.29, 1.82) is 0 Å². The predicted molar refractivity (Wildman–Crippen MR) is 41.0 cm³/mol. The molecule has 0 aliphatic heterocycles. The van der Waals surface area contributed by atoms with E-state index in [1.165, 1.54) is 0 Å². The number of hydrogen-bond donors (Lipinski definition) is 0. The Hall–Kier alpha value is -1.59. The topological polar surface area (TPSA) is 39.2 Å². The van der Waals surface area contributed by atoms with E-state index < -0.39 is 12.2 Å². The Kier molecular flexibility index (Phi) is 2.73. The van der Waals surface area contributed by atoms with Crippen molar-refractivity contribution in [2.24, 2.45) is 0 Å². The van der Waals surface area contributed by atoms with E-state index >= 15 is 0 Å². The van der Waals surface area contributed by atoms with Crippen LogP contribution < -0.4 is 4.74 Å². The molecule has 0 unspecified atom stereocenters. The second kappa shape index (κ2) is 3.65. The highest BCUT2D eigenvalue weighted by Gasteiger charge is 2.31. The first-order valence-electron chi connectivity index (χ1n) is 3.60. The number of rotatable bonds is 2. The lowest BCUT2D eigenvalue weighted by Crippen LogP contribution is -2.18. The third kappa shape index (κ3) is 2.72. The minimum atomic E-state index is -4.79. The SMILES string of the molecule is Cc1cnc(OC(F)(F)F)cc1C=O. The smallest absolute Gasteiger partial charge is 0.388 e. The minimum absolute atomic E-state index is 0.124. The van der Waals surface area contributed by atoms with Gasteiger partial charge >= 0.3 is 6.36 Å². The molecule has 14 heavy (non-hydrogen) atoms. The fraction of sp³-hybridized carbons (Fsp3) is 0.250. The average molecular weight is 205 g/mol. The van der Waals surface area contributed by atoms with E-state index in [0.717, 1.165) is 12.3 Å². The molecular weight excluding hydrogens is 199 g/mol. The Morgan fingerprint density at radius 1 is 1.50 bits per heavy atom. The van der Waals surface area contributed by atoms with Crippen molar-refractivity contribution < 1.29 is 22.7 Å². The van der Waals surface area contributed by atoms with Crippen LogP contribution in [-0.4, -0.2) is 17.6 Å². The van der Waals surface area contributed by atoms with Crippen molar-refractivity contribution in [3.8, 4) is 5.88 Å². The van der Waals surface area contributed by atoms with E-state index in [-0.39, 0.29) is 5.56 Å². The second-order valence-corrected chi connectivity index (χ2v) is 2.54. The van der Waals surface area contributed by atoms with Crippen molar-refractivity contribution >= 4 is 6.29 Å². The highest BCUT2D eigenvalue weighted by atomic mass is 19.4. The van der Waals surface area contributed by atoms with Gasteiger partial charge in [-0.1, -0.05) is 0 Å². The van der Waals surface area contributed by atoms with E-state index in [1.807, 2.05) is 0 Å². The number of hydrogen-bond acceptors (Lipinski definition) is 3. The van der Waals surface area contributed by atoms with Crippen LogP contribution in [0.25, 0.3) is 0 Å². The number of carbonyl (C=O) groups excluding carboxylic acids is 1. The van der Waals surface area contributed by atoms with Gasteiger partial charge in [0.25, 0.3) is 0 Å². The second-order valence-electron chi connectivity index (χ2n) is 2.54. The number of alkyl halides is 3. The van der Waals surface area contributed by atoms with Crippen LogP contribution in [0.2, 0.25) is 0 Å². The van der Waals surface area contributed by atoms with E-state index in [2.05, 4.69) is 9.72 Å². The van der Waals surface area contributed by atoms with Gasteiger partial charge in [0, 0.05) is 17.8 Å². The van der Waals surface area contributed by atoms with Crippen molar-refractivity contribution in [2.75, 3.05) is 0 Å². The van der Waals surface area contributed by atoms with E-state index in [4.69, 9.17) is 0 Å². The molecule has 6 heteroatoms. The van der Waals surface area contributed by atoms with Gasteiger partial charge in [-0.25, -0.2) is 4.98 Å². The van der Waals surface area contributed by atoms with Gasteiger partial charge in [0.2, 0.25) is 5.88 Å². The fourth-order valence-electron chi connectivity index (χ4n) is 0.820. The van der Waals surface area contributed by atoms with Gasteiger partial charge in [0.15, 0.2) is 6.29 Å². The van der Waals surface area contributed by atoms with Crippen molar-refractivity contribution in [3.05, 3.63) is 23.4 Å². The van der Waals surface area contributed by atoms with Crippen LogP contribution >= 0.6 is 0 Å². The summed E-state index contributed by atoms with van der Waals surface area (Å²) in [5.41, 5.74) is 0.619. The van der Waals surface area contributed by atoms with Gasteiger partial charge < -0.3 is 4.74 Å². The number of ether oxygens (including phenoxy) is 1. The van der Waals surface area contributed by atoms with Gasteiger partial charge in [0.1, 0.15) is 0 Å². The summed E-state index contributed by atoms with van der Waals surface area (Å²) >= 11 is 0. The number of aromatic nitrogens is 1. The molecular formula is C8H6F3NO2. The summed E-state index contributed by atoms with van der Waals surface area (Å²) in [5.74, 6) is -0.634. The van der Waals surface area contributed by atoms with Crippen molar-refractivity contribution in [2.45, 2.75) is 13.3 Å². The molecule has 0 N–H and O–H groups in total. The summed E-state index contributed by atoms with van der Waals surface area (Å²) in [4.78, 5) is 13.8. The predicted octanol–water partition coefficient (Wildman–Crippen LogP) is 2.10. The quantitative estimate of drug-likeness (QED) is 0.694. The van der Waals surface area contributed by atoms with E-state index in [1.54, 1.807) is 6.92 Å². The molecule has 0 fully saturated rings. The molecule has 0 saturated heterocycles. The molecule has 1 rings (SSSR count). The first-order chi connectivity index (χ1) is 6.42. The van der Waals surface area contributed by atoms with Crippen LogP contribution in [0.4, 0.5) is 13.2 Å². The summed E-state index contributed by atoms with van der Waals surface area (Å²) in [7, 11) is 0. The third-order valence-corrected chi connectivity index (χ3v) is 1.47. The molecule has 1 aromatic heterocycles. The molecule has 3 nitrogen and oxygen atoms in total. The highest BCUT2D eigenvalue weighted by Crippen LogP contribution is 2.21. The zero-order chi connectivity index (χ0) is 10.8. The van der Waals surface area contributed by atoms with E-state index in [0.29, 0.717) is 11.8 Å². The molecule has 0 radical (unpaired) electrons. The maximum atomic E-state index is 11.7. The lowest BCUT2D eigenvalue weighted by Gasteiger charge is -2.08. The van der Waals surface area contributed by atoms with Crippen LogP contribution in [0.5, 0.6) is 5.88 Å². The average Bonchev–Trinajstić information content (AvgIpc) is 2.06. The first-order valence-corrected chi connectivity index (χ1v) is 3.60. The van der Waals surface area contributed by atoms with Gasteiger partial charge in [-0.3, -0.25) is 4.79 Å². The normalized spacial score (nSPS) is 11.1. The number of aryl methyl sites for hydroxylation is 1. The van der Waals surface area contributed by atoms with Crippen LogP contribution in [0, 0.1) is 6.92 Å². The van der Waals surface area contributed by atoms with Crippen molar-refractivity contribution in [3.63, 3.8) is 0 Å². The fourth-order valence-corrected chi connectivity index (χ4v) is 0.820. The standard InChI is InChI=1S/C8H6F3NO2/c1-5-3-12-7(2-6(5)4-13)14-8(9,10)11/h2-4H,1H3. The summed E-state index contributed by atoms with van der Waals surface area (Å²) < 4.78 is 38.7. The number of pyridine rings is 1. The van der Waals surface area contributed by atoms with Crippen LogP contribution in [0.15, 0.2) is 12.3 Å². The summed E-state index contributed by atoms with van der Waals surface area (Å²) in [6.45, 7) is 1.56. The maximum absolute atomic E-state index is 11.7. The van der Waals surface area contributed by atoms with Gasteiger partial charge in [-0.05, 0) is 12.5 Å². The third-order valence-electron chi connectivity index (χ3n) is 1.47. The molecule has 76 valence electrons. The molecule has 1 aromatic rings. The molecule has 0 aliphatic rings. The molecule has 1 heterocycles. The number of nitrogens with zero attached hydrogens (tertiary/aromatic N) is 1. The van der Waals surface area contributed by atoms with Gasteiger partial charge in [0.05, 0.1) is 0 Å². The monoisotopic (exact) mass is 205 g/mol. The summed E-state index contributed by atoms with van der Waals surface area (Å²) in [6, 6.07) is 0.940. The molecule has 0 saturated carbocycles. The van der Waals surface area contributed by atoms with Gasteiger partial charge in [-0.2, -0.15) is 0 Å². The Balaban J connectivity index is 2.95. The Morgan fingerprint density at radius 2 is 2.14 bits per heavy atom. The number of carbonyl (C=O) groups is 1.